The van der Waals surface area contributed by atoms with Crippen molar-refractivity contribution in [3.63, 3.8) is 0 Å². The van der Waals surface area contributed by atoms with Gasteiger partial charge in [-0.15, -0.1) is 0 Å². The van der Waals surface area contributed by atoms with Gasteiger partial charge >= 0.3 is 0 Å². The smallest absolute Gasteiger partial charge is 0.234 e. The van der Waals surface area contributed by atoms with Crippen molar-refractivity contribution in [1.82, 2.24) is 15.1 Å². The summed E-state index contributed by atoms with van der Waals surface area (Å²) in [5.41, 5.74) is 0. The Kier molecular flexibility index (Phi) is 6.69. The van der Waals surface area contributed by atoms with E-state index in [-0.39, 0.29) is 11.9 Å². The second-order valence-electron chi connectivity index (χ2n) is 4.97. The molecular formula is C13H24N4O. The monoisotopic (exact) mass is 252 g/mol. The van der Waals surface area contributed by atoms with Gasteiger partial charge in [-0.25, -0.2) is 0 Å². The number of hydrogen-bond acceptors (Lipinski definition) is 4. The van der Waals surface area contributed by atoms with Crippen molar-refractivity contribution in [2.45, 2.75) is 32.7 Å². The van der Waals surface area contributed by atoms with E-state index in [9.17, 15) is 4.79 Å². The number of nitrogens with one attached hydrogen (secondary N) is 1. The first-order valence-corrected chi connectivity index (χ1v) is 6.76. The van der Waals surface area contributed by atoms with Gasteiger partial charge in [0.2, 0.25) is 5.91 Å². The maximum atomic E-state index is 11.8. The number of nitrogens with zero attached hydrogens (tertiary/aromatic N) is 3. The van der Waals surface area contributed by atoms with Crippen LogP contribution in [0.1, 0.15) is 26.7 Å². The molecule has 1 aliphatic rings. The molecule has 0 bridgehead atoms. The van der Waals surface area contributed by atoms with Crippen LogP contribution >= 0.6 is 0 Å². The maximum absolute atomic E-state index is 11.8. The average Bonchev–Trinajstić information content (AvgIpc) is 2.32. The highest BCUT2D eigenvalue weighted by atomic mass is 16.2. The molecule has 0 aliphatic carbocycles. The normalized spacial score (nSPS) is 19.2. The van der Waals surface area contributed by atoms with E-state index in [1.165, 1.54) is 0 Å². The Bertz CT molecular complexity index is 292. The molecule has 1 atom stereocenters. The molecule has 1 heterocycles. The highest BCUT2D eigenvalue weighted by Crippen LogP contribution is 2.01. The molecule has 1 fully saturated rings. The lowest BCUT2D eigenvalue weighted by atomic mass is 10.2. The molecule has 1 N–H and O–H groups in total. The molecule has 0 aromatic carbocycles. The highest BCUT2D eigenvalue weighted by molar-refractivity contribution is 5.78. The summed E-state index contributed by atoms with van der Waals surface area (Å²) in [5.74, 6) is 0.115. The topological polar surface area (TPSA) is 59.4 Å². The van der Waals surface area contributed by atoms with Gasteiger partial charge in [-0.1, -0.05) is 13.3 Å². The highest BCUT2D eigenvalue weighted by Gasteiger charge is 2.18. The van der Waals surface area contributed by atoms with Crippen molar-refractivity contribution in [2.75, 3.05) is 39.3 Å². The molecule has 1 amide bonds. The third-order valence-corrected chi connectivity index (χ3v) is 3.26. The summed E-state index contributed by atoms with van der Waals surface area (Å²) in [6.07, 6.45) is 2.12. The van der Waals surface area contributed by atoms with Crippen LogP contribution in [-0.2, 0) is 4.79 Å². The number of carbonyl (C=O) groups excluding carboxylic acids is 1. The van der Waals surface area contributed by atoms with Crippen LogP contribution in [0, 0.1) is 11.3 Å². The first-order valence-electron chi connectivity index (χ1n) is 6.76. The summed E-state index contributed by atoms with van der Waals surface area (Å²) in [7, 11) is 0. The number of nitriles is 1. The summed E-state index contributed by atoms with van der Waals surface area (Å²) < 4.78 is 0. The molecule has 0 radical (unpaired) electrons. The standard InChI is InChI=1S/C13H24N4O/c1-3-4-12(2)15-13(18)11-17-9-7-16(6-5-14)8-10-17/h12H,3-4,6-11H2,1-2H3,(H,15,18). The van der Waals surface area contributed by atoms with Gasteiger partial charge in [0.05, 0.1) is 19.2 Å². The van der Waals surface area contributed by atoms with Crippen LogP contribution < -0.4 is 5.32 Å². The Hall–Kier alpha value is -1.12. The molecule has 5 nitrogen and oxygen atoms in total. The molecule has 102 valence electrons. The fourth-order valence-electron chi connectivity index (χ4n) is 2.23. The lowest BCUT2D eigenvalue weighted by Gasteiger charge is -2.33. The zero-order valence-electron chi connectivity index (χ0n) is 11.5. The van der Waals surface area contributed by atoms with Gasteiger partial charge in [0.1, 0.15) is 0 Å². The second-order valence-corrected chi connectivity index (χ2v) is 4.97. The second kappa shape index (κ2) is 8.06. The van der Waals surface area contributed by atoms with Gasteiger partial charge in [0.25, 0.3) is 0 Å². The van der Waals surface area contributed by atoms with E-state index in [4.69, 9.17) is 5.26 Å². The third kappa shape index (κ3) is 5.48. The van der Waals surface area contributed by atoms with Crippen molar-refractivity contribution in [3.05, 3.63) is 0 Å². The van der Waals surface area contributed by atoms with Crippen molar-refractivity contribution in [1.29, 1.82) is 5.26 Å². The molecule has 1 rings (SSSR count). The minimum atomic E-state index is 0.115. The lowest BCUT2D eigenvalue weighted by Crippen LogP contribution is -2.50. The van der Waals surface area contributed by atoms with E-state index in [1.54, 1.807) is 0 Å². The number of carbonyl (C=O) groups is 1. The van der Waals surface area contributed by atoms with E-state index in [2.05, 4.69) is 28.1 Å². The summed E-state index contributed by atoms with van der Waals surface area (Å²) >= 11 is 0. The van der Waals surface area contributed by atoms with Crippen molar-refractivity contribution < 1.29 is 4.79 Å². The van der Waals surface area contributed by atoms with Crippen molar-refractivity contribution >= 4 is 5.91 Å². The first-order chi connectivity index (χ1) is 8.65. The minimum absolute atomic E-state index is 0.115. The summed E-state index contributed by atoms with van der Waals surface area (Å²) in [6.45, 7) is 8.65. The van der Waals surface area contributed by atoms with Crippen LogP contribution in [0.4, 0.5) is 0 Å². The number of piperazine rings is 1. The van der Waals surface area contributed by atoms with E-state index < -0.39 is 0 Å². The maximum Gasteiger partial charge on any atom is 0.234 e. The quantitative estimate of drug-likeness (QED) is 0.697. The van der Waals surface area contributed by atoms with Gasteiger partial charge in [0, 0.05) is 32.2 Å². The largest absolute Gasteiger partial charge is 0.353 e. The Morgan fingerprint density at radius 3 is 2.50 bits per heavy atom. The minimum Gasteiger partial charge on any atom is -0.353 e. The Balaban J connectivity index is 2.20. The van der Waals surface area contributed by atoms with Crippen LogP contribution in [0.15, 0.2) is 0 Å². The predicted octanol–water partition coefficient (Wildman–Crippen LogP) is 0.432. The van der Waals surface area contributed by atoms with E-state index >= 15 is 0 Å². The molecular weight excluding hydrogens is 228 g/mol. The third-order valence-electron chi connectivity index (χ3n) is 3.26. The Morgan fingerprint density at radius 1 is 1.33 bits per heavy atom. The van der Waals surface area contributed by atoms with Gasteiger partial charge in [-0.05, 0) is 13.3 Å². The van der Waals surface area contributed by atoms with Crippen molar-refractivity contribution in [3.8, 4) is 6.07 Å². The summed E-state index contributed by atoms with van der Waals surface area (Å²) in [4.78, 5) is 16.1. The first kappa shape index (κ1) is 14.9. The summed E-state index contributed by atoms with van der Waals surface area (Å²) in [6, 6.07) is 2.43. The van der Waals surface area contributed by atoms with E-state index in [0.717, 1.165) is 39.0 Å². The number of hydrogen-bond donors (Lipinski definition) is 1. The average molecular weight is 252 g/mol. The van der Waals surface area contributed by atoms with Crippen LogP contribution in [0.3, 0.4) is 0 Å². The van der Waals surface area contributed by atoms with Gasteiger partial charge in [-0.2, -0.15) is 5.26 Å². The molecule has 18 heavy (non-hydrogen) atoms. The molecule has 0 aromatic heterocycles. The SMILES string of the molecule is CCCC(C)NC(=O)CN1CCN(CC#N)CC1. The zero-order chi connectivity index (χ0) is 13.4. The van der Waals surface area contributed by atoms with Gasteiger partial charge in [-0.3, -0.25) is 14.6 Å². The van der Waals surface area contributed by atoms with Crippen LogP contribution in [0.5, 0.6) is 0 Å². The molecule has 0 saturated carbocycles. The molecule has 1 unspecified atom stereocenters. The van der Waals surface area contributed by atoms with Crippen LogP contribution in [0.25, 0.3) is 0 Å². The van der Waals surface area contributed by atoms with E-state index in [0.29, 0.717) is 13.1 Å². The Morgan fingerprint density at radius 2 is 1.94 bits per heavy atom. The zero-order valence-corrected chi connectivity index (χ0v) is 11.5. The molecule has 1 aliphatic heterocycles. The Labute approximate surface area is 110 Å². The molecule has 0 aromatic rings. The number of rotatable bonds is 6. The summed E-state index contributed by atoms with van der Waals surface area (Å²) in [5, 5.41) is 11.6. The molecule has 1 saturated heterocycles. The van der Waals surface area contributed by atoms with E-state index in [1.807, 2.05) is 6.92 Å². The van der Waals surface area contributed by atoms with Crippen molar-refractivity contribution in [2.24, 2.45) is 0 Å². The van der Waals surface area contributed by atoms with Gasteiger partial charge < -0.3 is 5.32 Å². The van der Waals surface area contributed by atoms with Crippen LogP contribution in [0.2, 0.25) is 0 Å². The molecule has 0 spiro atoms. The van der Waals surface area contributed by atoms with Gasteiger partial charge in [0.15, 0.2) is 0 Å². The number of amides is 1. The lowest BCUT2D eigenvalue weighted by molar-refractivity contribution is -0.123. The predicted molar refractivity (Wildman–Crippen MR) is 71.0 cm³/mol. The van der Waals surface area contributed by atoms with Crippen LogP contribution in [-0.4, -0.2) is 61.0 Å². The molecule has 5 heteroatoms. The fraction of sp³-hybridized carbons (Fsp3) is 0.846. The fourth-order valence-corrected chi connectivity index (χ4v) is 2.23.